The van der Waals surface area contributed by atoms with Crippen LogP contribution in [0.2, 0.25) is 0 Å². The molecular formula is C23H22N2O4. The summed E-state index contributed by atoms with van der Waals surface area (Å²) in [6.45, 7) is 5.79. The molecule has 0 aliphatic rings. The molecule has 0 radical (unpaired) electrons. The molecule has 0 saturated heterocycles. The van der Waals surface area contributed by atoms with E-state index in [0.717, 1.165) is 28.2 Å². The first-order valence-electron chi connectivity index (χ1n) is 9.12. The van der Waals surface area contributed by atoms with Gasteiger partial charge in [0, 0.05) is 29.1 Å². The zero-order valence-electron chi connectivity index (χ0n) is 16.8. The molecule has 0 fully saturated rings. The number of aryl methyl sites for hydroxylation is 2. The number of allylic oxidation sites excluding steroid dienone is 1. The lowest BCUT2D eigenvalue weighted by Crippen LogP contribution is -2.03. The molecule has 148 valence electrons. The van der Waals surface area contributed by atoms with Crippen LogP contribution in [0.25, 0.3) is 11.8 Å². The molecular weight excluding hydrogens is 368 g/mol. The van der Waals surface area contributed by atoms with E-state index in [1.54, 1.807) is 49.6 Å². The summed E-state index contributed by atoms with van der Waals surface area (Å²) < 4.78 is 7.08. The van der Waals surface area contributed by atoms with Gasteiger partial charge in [0.1, 0.15) is 5.75 Å². The molecule has 0 aliphatic heterocycles. The van der Waals surface area contributed by atoms with Crippen LogP contribution in [0.3, 0.4) is 0 Å². The van der Waals surface area contributed by atoms with Gasteiger partial charge < -0.3 is 9.30 Å². The maximum Gasteiger partial charge on any atom is 0.271 e. The van der Waals surface area contributed by atoms with Crippen molar-refractivity contribution in [3.8, 4) is 11.4 Å². The first-order valence-corrected chi connectivity index (χ1v) is 9.12. The quantitative estimate of drug-likeness (QED) is 0.250. The van der Waals surface area contributed by atoms with E-state index in [0.29, 0.717) is 11.3 Å². The predicted octanol–water partition coefficient (Wildman–Crippen LogP) is 5.22. The van der Waals surface area contributed by atoms with Gasteiger partial charge in [0.05, 0.1) is 17.7 Å². The lowest BCUT2D eigenvalue weighted by molar-refractivity contribution is -0.384. The number of ether oxygens (including phenoxy) is 1. The first kappa shape index (κ1) is 20.1. The van der Waals surface area contributed by atoms with E-state index in [1.807, 2.05) is 31.4 Å². The van der Waals surface area contributed by atoms with Crippen LogP contribution in [-0.4, -0.2) is 22.4 Å². The van der Waals surface area contributed by atoms with Gasteiger partial charge in [-0.2, -0.15) is 0 Å². The smallest absolute Gasteiger partial charge is 0.271 e. The summed E-state index contributed by atoms with van der Waals surface area (Å²) in [5.41, 5.74) is 5.04. The van der Waals surface area contributed by atoms with Gasteiger partial charge in [0.2, 0.25) is 0 Å². The number of hydrogen-bond donors (Lipinski definition) is 0. The highest BCUT2D eigenvalue weighted by Crippen LogP contribution is 2.27. The van der Waals surface area contributed by atoms with Gasteiger partial charge in [-0.1, -0.05) is 6.07 Å². The molecule has 0 spiro atoms. The molecule has 0 bridgehead atoms. The maximum absolute atomic E-state index is 12.5. The van der Waals surface area contributed by atoms with Crippen molar-refractivity contribution in [2.45, 2.75) is 20.8 Å². The Bertz CT molecular complexity index is 1110. The fourth-order valence-corrected chi connectivity index (χ4v) is 3.30. The molecule has 0 amide bonds. The van der Waals surface area contributed by atoms with Crippen molar-refractivity contribution in [2.75, 3.05) is 7.11 Å². The largest absolute Gasteiger partial charge is 0.497 e. The molecule has 0 aliphatic carbocycles. The maximum atomic E-state index is 12.5. The molecule has 0 N–H and O–H groups in total. The number of nitro benzene ring substituents is 1. The molecule has 0 saturated carbocycles. The Morgan fingerprint density at radius 2 is 1.76 bits per heavy atom. The average molecular weight is 390 g/mol. The molecule has 3 aromatic rings. The van der Waals surface area contributed by atoms with E-state index in [9.17, 15) is 14.9 Å². The fraction of sp³-hybridized carbons (Fsp3) is 0.174. The van der Waals surface area contributed by atoms with Crippen molar-refractivity contribution < 1.29 is 14.5 Å². The molecule has 1 aromatic heterocycles. The molecule has 0 unspecified atom stereocenters. The van der Waals surface area contributed by atoms with Crippen molar-refractivity contribution in [2.24, 2.45) is 0 Å². The summed E-state index contributed by atoms with van der Waals surface area (Å²) in [5, 5.41) is 11.2. The molecule has 6 heteroatoms. The van der Waals surface area contributed by atoms with Gasteiger partial charge in [0.15, 0.2) is 5.78 Å². The first-order chi connectivity index (χ1) is 13.8. The van der Waals surface area contributed by atoms with Crippen molar-refractivity contribution in [1.29, 1.82) is 0 Å². The van der Waals surface area contributed by atoms with Gasteiger partial charge in [0.25, 0.3) is 5.69 Å². The number of benzene rings is 2. The summed E-state index contributed by atoms with van der Waals surface area (Å²) in [5.74, 6) is 0.588. The third kappa shape index (κ3) is 4.11. The molecule has 6 nitrogen and oxygen atoms in total. The molecule has 3 rings (SSSR count). The number of nitrogens with zero attached hydrogens (tertiary/aromatic N) is 2. The van der Waals surface area contributed by atoms with Gasteiger partial charge in [-0.25, -0.2) is 0 Å². The number of ketones is 1. The summed E-state index contributed by atoms with van der Waals surface area (Å²) in [6, 6.07) is 13.7. The lowest BCUT2D eigenvalue weighted by Gasteiger charge is -2.12. The van der Waals surface area contributed by atoms with E-state index >= 15 is 0 Å². The molecule has 2 aromatic carbocycles. The Hall–Kier alpha value is -3.67. The molecule has 1 heterocycles. The fourth-order valence-electron chi connectivity index (χ4n) is 3.30. The summed E-state index contributed by atoms with van der Waals surface area (Å²) >= 11 is 0. The van der Waals surface area contributed by atoms with Crippen LogP contribution < -0.4 is 4.74 Å². The van der Waals surface area contributed by atoms with Gasteiger partial charge in [-0.3, -0.25) is 14.9 Å². The molecule has 0 atom stereocenters. The number of aromatic nitrogens is 1. The van der Waals surface area contributed by atoms with Crippen molar-refractivity contribution in [1.82, 2.24) is 4.57 Å². The Morgan fingerprint density at radius 3 is 2.38 bits per heavy atom. The SMILES string of the molecule is COc1ccc(C(=O)/C=C/c2cc(C)n(-c3cc([N+](=O)[O-])ccc3C)c2C)cc1. The van der Waals surface area contributed by atoms with E-state index in [1.165, 1.54) is 12.1 Å². The second-order valence-electron chi connectivity index (χ2n) is 6.82. The Labute approximate surface area is 169 Å². The predicted molar refractivity (Wildman–Crippen MR) is 113 cm³/mol. The Morgan fingerprint density at radius 1 is 1.07 bits per heavy atom. The van der Waals surface area contributed by atoms with Gasteiger partial charge >= 0.3 is 0 Å². The minimum atomic E-state index is -0.397. The third-order valence-electron chi connectivity index (χ3n) is 4.90. The second-order valence-corrected chi connectivity index (χ2v) is 6.82. The van der Waals surface area contributed by atoms with Crippen molar-refractivity contribution in [3.63, 3.8) is 0 Å². The minimum Gasteiger partial charge on any atom is -0.497 e. The summed E-state index contributed by atoms with van der Waals surface area (Å²) in [6.07, 6.45) is 3.31. The number of methoxy groups -OCH3 is 1. The topological polar surface area (TPSA) is 74.4 Å². The number of hydrogen-bond acceptors (Lipinski definition) is 4. The van der Waals surface area contributed by atoms with Crippen molar-refractivity contribution in [3.05, 3.63) is 92.8 Å². The third-order valence-corrected chi connectivity index (χ3v) is 4.90. The number of carbonyl (C=O) groups excluding carboxylic acids is 1. The zero-order valence-corrected chi connectivity index (χ0v) is 16.8. The highest BCUT2D eigenvalue weighted by atomic mass is 16.6. The Kier molecular flexibility index (Phi) is 5.64. The minimum absolute atomic E-state index is 0.0462. The summed E-state index contributed by atoms with van der Waals surface area (Å²) in [4.78, 5) is 23.2. The van der Waals surface area contributed by atoms with Crippen molar-refractivity contribution >= 4 is 17.5 Å². The molecule has 29 heavy (non-hydrogen) atoms. The number of rotatable bonds is 6. The van der Waals surface area contributed by atoms with E-state index in [4.69, 9.17) is 4.74 Å². The van der Waals surface area contributed by atoms with Crippen LogP contribution in [-0.2, 0) is 0 Å². The normalized spacial score (nSPS) is 11.0. The van der Waals surface area contributed by atoms with Crippen LogP contribution >= 0.6 is 0 Å². The second kappa shape index (κ2) is 8.14. The van der Waals surface area contributed by atoms with Gasteiger partial charge in [-0.15, -0.1) is 0 Å². The van der Waals surface area contributed by atoms with Crippen LogP contribution in [0.1, 0.15) is 32.9 Å². The zero-order chi connectivity index (χ0) is 21.1. The van der Waals surface area contributed by atoms with E-state index in [2.05, 4.69) is 0 Å². The van der Waals surface area contributed by atoms with Crippen LogP contribution in [0.5, 0.6) is 5.75 Å². The number of nitro groups is 1. The standard InChI is InChI=1S/C23H22N2O4/c1-15-5-9-20(25(27)28)14-22(15)24-16(2)13-19(17(24)3)8-12-23(26)18-6-10-21(29-4)11-7-18/h5-14H,1-4H3/b12-8+. The van der Waals surface area contributed by atoms with Crippen LogP contribution in [0.15, 0.2) is 54.6 Å². The number of carbonyl (C=O) groups is 1. The van der Waals surface area contributed by atoms with E-state index in [-0.39, 0.29) is 11.5 Å². The Balaban J connectivity index is 1.93. The number of non-ortho nitro benzene ring substituents is 1. The van der Waals surface area contributed by atoms with Crippen LogP contribution in [0.4, 0.5) is 5.69 Å². The van der Waals surface area contributed by atoms with Gasteiger partial charge in [-0.05, 0) is 74.4 Å². The average Bonchev–Trinajstić information content (AvgIpc) is 2.99. The highest BCUT2D eigenvalue weighted by Gasteiger charge is 2.15. The van der Waals surface area contributed by atoms with Crippen LogP contribution in [0, 0.1) is 30.9 Å². The van der Waals surface area contributed by atoms with E-state index < -0.39 is 4.92 Å². The summed E-state index contributed by atoms with van der Waals surface area (Å²) in [7, 11) is 1.58. The lowest BCUT2D eigenvalue weighted by atomic mass is 10.1. The highest BCUT2D eigenvalue weighted by molar-refractivity contribution is 6.06. The monoisotopic (exact) mass is 390 g/mol.